The summed E-state index contributed by atoms with van der Waals surface area (Å²) >= 11 is 9.13. The standard InChI is InChI=1S/C11H12BrClO/c1-8(7-13)5-9-3-4-11(14-2)10(12)6-9/h3-6H,7H2,1-2H3. The minimum Gasteiger partial charge on any atom is -0.496 e. The lowest BCUT2D eigenvalue weighted by atomic mass is 10.1. The molecule has 0 saturated carbocycles. The van der Waals surface area contributed by atoms with E-state index in [2.05, 4.69) is 22.0 Å². The highest BCUT2D eigenvalue weighted by Crippen LogP contribution is 2.26. The maximum absolute atomic E-state index is 5.70. The van der Waals surface area contributed by atoms with E-state index in [4.69, 9.17) is 16.3 Å². The third kappa shape index (κ3) is 3.03. The molecule has 1 rings (SSSR count). The highest BCUT2D eigenvalue weighted by atomic mass is 79.9. The summed E-state index contributed by atoms with van der Waals surface area (Å²) in [5.41, 5.74) is 2.26. The summed E-state index contributed by atoms with van der Waals surface area (Å²) in [5.74, 6) is 1.40. The Morgan fingerprint density at radius 2 is 2.29 bits per heavy atom. The van der Waals surface area contributed by atoms with Crippen molar-refractivity contribution in [2.24, 2.45) is 0 Å². The molecule has 3 heteroatoms. The first kappa shape index (κ1) is 11.6. The predicted octanol–water partition coefficient (Wildman–Crippen LogP) is 4.10. The molecule has 0 aliphatic carbocycles. The first-order chi connectivity index (χ1) is 6.67. The van der Waals surface area contributed by atoms with E-state index in [1.165, 1.54) is 0 Å². The molecule has 0 N–H and O–H groups in total. The summed E-state index contributed by atoms with van der Waals surface area (Å²) < 4.78 is 6.09. The second kappa shape index (κ2) is 5.42. The normalized spacial score (nSPS) is 11.6. The Morgan fingerprint density at radius 3 is 2.79 bits per heavy atom. The Labute approximate surface area is 97.9 Å². The van der Waals surface area contributed by atoms with Crippen molar-refractivity contribution in [1.82, 2.24) is 0 Å². The molecule has 0 atom stereocenters. The fourth-order valence-electron chi connectivity index (χ4n) is 1.10. The number of halogens is 2. The molecule has 14 heavy (non-hydrogen) atoms. The van der Waals surface area contributed by atoms with Crippen LogP contribution in [0.15, 0.2) is 28.2 Å². The van der Waals surface area contributed by atoms with Crippen LogP contribution < -0.4 is 4.74 Å². The van der Waals surface area contributed by atoms with E-state index >= 15 is 0 Å². The van der Waals surface area contributed by atoms with E-state index in [0.29, 0.717) is 5.88 Å². The molecular formula is C11H12BrClO. The third-order valence-corrected chi connectivity index (χ3v) is 2.84. The summed E-state index contributed by atoms with van der Waals surface area (Å²) in [7, 11) is 1.65. The molecule has 1 aromatic carbocycles. The SMILES string of the molecule is COc1ccc(C=C(C)CCl)cc1Br. The van der Waals surface area contributed by atoms with Gasteiger partial charge in [0, 0.05) is 5.88 Å². The fourth-order valence-corrected chi connectivity index (χ4v) is 1.73. The van der Waals surface area contributed by atoms with Crippen molar-refractivity contribution in [2.75, 3.05) is 13.0 Å². The predicted molar refractivity (Wildman–Crippen MR) is 65.1 cm³/mol. The van der Waals surface area contributed by atoms with Crippen molar-refractivity contribution in [3.05, 3.63) is 33.8 Å². The number of alkyl halides is 1. The maximum Gasteiger partial charge on any atom is 0.133 e. The van der Waals surface area contributed by atoms with Crippen LogP contribution in [-0.4, -0.2) is 13.0 Å². The van der Waals surface area contributed by atoms with Gasteiger partial charge in [0.05, 0.1) is 11.6 Å². The second-order valence-corrected chi connectivity index (χ2v) is 4.14. The number of rotatable bonds is 3. The molecule has 0 unspecified atom stereocenters. The van der Waals surface area contributed by atoms with Crippen molar-refractivity contribution in [1.29, 1.82) is 0 Å². The molecule has 0 radical (unpaired) electrons. The number of methoxy groups -OCH3 is 1. The van der Waals surface area contributed by atoms with Crippen molar-refractivity contribution in [2.45, 2.75) is 6.92 Å². The zero-order valence-electron chi connectivity index (χ0n) is 8.18. The first-order valence-electron chi connectivity index (χ1n) is 4.24. The van der Waals surface area contributed by atoms with Gasteiger partial charge in [0.25, 0.3) is 0 Å². The van der Waals surface area contributed by atoms with E-state index in [1.807, 2.05) is 25.1 Å². The molecule has 0 heterocycles. The molecule has 0 saturated heterocycles. The molecule has 0 amide bonds. The monoisotopic (exact) mass is 274 g/mol. The molecule has 76 valence electrons. The van der Waals surface area contributed by atoms with E-state index in [0.717, 1.165) is 21.4 Å². The number of hydrogen-bond acceptors (Lipinski definition) is 1. The highest BCUT2D eigenvalue weighted by molar-refractivity contribution is 9.10. The Balaban J connectivity index is 2.97. The van der Waals surface area contributed by atoms with Crippen molar-refractivity contribution in [3.63, 3.8) is 0 Å². The van der Waals surface area contributed by atoms with E-state index in [9.17, 15) is 0 Å². The minimum absolute atomic E-state index is 0.559. The Morgan fingerprint density at radius 1 is 1.57 bits per heavy atom. The summed E-state index contributed by atoms with van der Waals surface area (Å²) in [6.45, 7) is 2.01. The van der Waals surface area contributed by atoms with E-state index < -0.39 is 0 Å². The molecule has 1 aromatic rings. The molecule has 0 bridgehead atoms. The summed E-state index contributed by atoms with van der Waals surface area (Å²) in [6, 6.07) is 5.94. The minimum atomic E-state index is 0.559. The van der Waals surface area contributed by atoms with Gasteiger partial charge < -0.3 is 4.74 Å². The lowest BCUT2D eigenvalue weighted by Crippen LogP contribution is -1.85. The van der Waals surface area contributed by atoms with Crippen LogP contribution in [0, 0.1) is 0 Å². The molecule has 1 nitrogen and oxygen atoms in total. The van der Waals surface area contributed by atoms with Gasteiger partial charge in [0.15, 0.2) is 0 Å². The Kier molecular flexibility index (Phi) is 4.49. The summed E-state index contributed by atoms with van der Waals surface area (Å²) in [6.07, 6.45) is 2.05. The van der Waals surface area contributed by atoms with Crippen LogP contribution in [0.1, 0.15) is 12.5 Å². The second-order valence-electron chi connectivity index (χ2n) is 3.02. The summed E-state index contributed by atoms with van der Waals surface area (Å²) in [5, 5.41) is 0. The molecule has 0 aliphatic rings. The number of ether oxygens (including phenoxy) is 1. The average Bonchev–Trinajstić information content (AvgIpc) is 2.18. The van der Waals surface area contributed by atoms with E-state index in [1.54, 1.807) is 7.11 Å². The van der Waals surface area contributed by atoms with Gasteiger partial charge in [-0.2, -0.15) is 0 Å². The largest absolute Gasteiger partial charge is 0.496 e. The van der Waals surface area contributed by atoms with Crippen LogP contribution in [0.4, 0.5) is 0 Å². The van der Waals surface area contributed by atoms with E-state index in [-0.39, 0.29) is 0 Å². The van der Waals surface area contributed by atoms with Gasteiger partial charge >= 0.3 is 0 Å². The molecular weight excluding hydrogens is 263 g/mol. The summed E-state index contributed by atoms with van der Waals surface area (Å²) in [4.78, 5) is 0. The Bertz CT molecular complexity index is 347. The van der Waals surface area contributed by atoms with Gasteiger partial charge in [-0.1, -0.05) is 17.7 Å². The molecule has 0 spiro atoms. The van der Waals surface area contributed by atoms with Gasteiger partial charge in [0.2, 0.25) is 0 Å². The van der Waals surface area contributed by atoms with Crippen LogP contribution in [0.3, 0.4) is 0 Å². The first-order valence-corrected chi connectivity index (χ1v) is 5.57. The van der Waals surface area contributed by atoms with Gasteiger partial charge in [-0.15, -0.1) is 11.6 Å². The van der Waals surface area contributed by atoms with Crippen LogP contribution in [-0.2, 0) is 0 Å². The lowest BCUT2D eigenvalue weighted by Gasteiger charge is -2.04. The number of benzene rings is 1. The van der Waals surface area contributed by atoms with Gasteiger partial charge in [-0.25, -0.2) is 0 Å². The third-order valence-electron chi connectivity index (χ3n) is 1.80. The molecule has 0 aliphatic heterocycles. The number of allylic oxidation sites excluding steroid dienone is 1. The Hall–Kier alpha value is -0.470. The van der Waals surface area contributed by atoms with Crippen molar-refractivity contribution in [3.8, 4) is 5.75 Å². The van der Waals surface area contributed by atoms with Gasteiger partial charge in [0.1, 0.15) is 5.75 Å². The van der Waals surface area contributed by atoms with Crippen LogP contribution in [0.25, 0.3) is 6.08 Å². The molecule has 0 aromatic heterocycles. The zero-order chi connectivity index (χ0) is 10.6. The van der Waals surface area contributed by atoms with Crippen molar-refractivity contribution >= 4 is 33.6 Å². The zero-order valence-corrected chi connectivity index (χ0v) is 10.5. The van der Waals surface area contributed by atoms with Crippen LogP contribution in [0.2, 0.25) is 0 Å². The van der Waals surface area contributed by atoms with Crippen molar-refractivity contribution < 1.29 is 4.74 Å². The highest BCUT2D eigenvalue weighted by Gasteiger charge is 1.99. The van der Waals surface area contributed by atoms with Gasteiger partial charge in [-0.3, -0.25) is 0 Å². The topological polar surface area (TPSA) is 9.23 Å². The smallest absolute Gasteiger partial charge is 0.133 e. The van der Waals surface area contributed by atoms with Crippen LogP contribution in [0.5, 0.6) is 5.75 Å². The van der Waals surface area contributed by atoms with Gasteiger partial charge in [-0.05, 0) is 40.5 Å². The maximum atomic E-state index is 5.70. The fraction of sp³-hybridized carbons (Fsp3) is 0.273. The molecule has 0 fully saturated rings. The lowest BCUT2D eigenvalue weighted by molar-refractivity contribution is 0.412. The quantitative estimate of drug-likeness (QED) is 0.755. The average molecular weight is 276 g/mol. The van der Waals surface area contributed by atoms with Crippen LogP contribution >= 0.6 is 27.5 Å². The number of hydrogen-bond donors (Lipinski definition) is 0.